The maximum absolute atomic E-state index is 12.3. The first-order chi connectivity index (χ1) is 8.81. The molecule has 108 valence electrons. The van der Waals surface area contributed by atoms with Gasteiger partial charge < -0.3 is 10.5 Å². The van der Waals surface area contributed by atoms with E-state index in [0.717, 1.165) is 4.88 Å². The number of hydrogen-bond acceptors (Lipinski definition) is 5. The van der Waals surface area contributed by atoms with Crippen LogP contribution in [0, 0.1) is 5.41 Å². The largest absolute Gasteiger partial charge is 0.381 e. The standard InChI is InChI=1S/C12H20N2O3S2/c1-12(2)10(5-11(12)17-3)14-19(15,16)9-4-8(6-13)18-7-9/h4,7,10-11,14H,5-6,13H2,1-3H3. The lowest BCUT2D eigenvalue weighted by atomic mass is 9.65. The van der Waals surface area contributed by atoms with Crippen LogP contribution in [0.4, 0.5) is 0 Å². The minimum atomic E-state index is -3.46. The second-order valence-corrected chi connectivity index (χ2v) is 8.12. The van der Waals surface area contributed by atoms with Crippen molar-refractivity contribution in [1.29, 1.82) is 0 Å². The van der Waals surface area contributed by atoms with Crippen molar-refractivity contribution >= 4 is 21.4 Å². The molecule has 1 heterocycles. The summed E-state index contributed by atoms with van der Waals surface area (Å²) in [6, 6.07) is 1.54. The summed E-state index contributed by atoms with van der Waals surface area (Å²) >= 11 is 1.37. The van der Waals surface area contributed by atoms with Crippen LogP contribution in [0.3, 0.4) is 0 Å². The number of nitrogens with one attached hydrogen (secondary N) is 1. The van der Waals surface area contributed by atoms with Crippen LogP contribution in [0.2, 0.25) is 0 Å². The highest BCUT2D eigenvalue weighted by atomic mass is 32.2. The molecular formula is C12H20N2O3S2. The quantitative estimate of drug-likeness (QED) is 0.859. The lowest BCUT2D eigenvalue weighted by Crippen LogP contribution is -2.61. The Labute approximate surface area is 118 Å². The van der Waals surface area contributed by atoms with E-state index in [1.165, 1.54) is 11.3 Å². The molecule has 7 heteroatoms. The van der Waals surface area contributed by atoms with E-state index in [9.17, 15) is 8.42 Å². The molecule has 1 aromatic heterocycles. The Kier molecular flexibility index (Phi) is 4.04. The summed E-state index contributed by atoms with van der Waals surface area (Å²) < 4.78 is 32.6. The third kappa shape index (κ3) is 2.71. The second-order valence-electron chi connectivity index (χ2n) is 5.41. The van der Waals surface area contributed by atoms with Crippen LogP contribution >= 0.6 is 11.3 Å². The van der Waals surface area contributed by atoms with Gasteiger partial charge in [-0.2, -0.15) is 0 Å². The molecule has 1 fully saturated rings. The van der Waals surface area contributed by atoms with E-state index < -0.39 is 10.0 Å². The summed E-state index contributed by atoms with van der Waals surface area (Å²) in [5, 5.41) is 1.63. The summed E-state index contributed by atoms with van der Waals surface area (Å²) in [5.41, 5.74) is 5.32. The zero-order valence-electron chi connectivity index (χ0n) is 11.3. The van der Waals surface area contributed by atoms with Crippen LogP contribution in [0.15, 0.2) is 16.3 Å². The Bertz CT molecular complexity index is 551. The van der Waals surface area contributed by atoms with E-state index >= 15 is 0 Å². The van der Waals surface area contributed by atoms with Crippen molar-refractivity contribution in [3.8, 4) is 0 Å². The highest BCUT2D eigenvalue weighted by Gasteiger charge is 2.50. The van der Waals surface area contributed by atoms with Crippen molar-refractivity contribution < 1.29 is 13.2 Å². The van der Waals surface area contributed by atoms with Gasteiger partial charge in [-0.3, -0.25) is 0 Å². The number of hydrogen-bond donors (Lipinski definition) is 2. The molecule has 2 atom stereocenters. The fourth-order valence-electron chi connectivity index (χ4n) is 2.35. The van der Waals surface area contributed by atoms with Gasteiger partial charge in [0.25, 0.3) is 0 Å². The predicted octanol–water partition coefficient (Wildman–Crippen LogP) is 1.30. The van der Waals surface area contributed by atoms with Crippen molar-refractivity contribution in [2.45, 2.75) is 43.9 Å². The van der Waals surface area contributed by atoms with Crippen molar-refractivity contribution in [3.63, 3.8) is 0 Å². The molecule has 1 aromatic rings. The summed E-state index contributed by atoms with van der Waals surface area (Å²) in [5.74, 6) is 0. The average Bonchev–Trinajstić information content (AvgIpc) is 2.83. The topological polar surface area (TPSA) is 81.4 Å². The molecule has 0 aliphatic heterocycles. The van der Waals surface area contributed by atoms with Gasteiger partial charge in [0.15, 0.2) is 0 Å². The number of ether oxygens (including phenoxy) is 1. The van der Waals surface area contributed by atoms with Gasteiger partial charge in [-0.05, 0) is 12.5 Å². The summed E-state index contributed by atoms with van der Waals surface area (Å²) in [4.78, 5) is 1.16. The maximum atomic E-state index is 12.3. The third-order valence-electron chi connectivity index (χ3n) is 3.90. The van der Waals surface area contributed by atoms with E-state index in [1.54, 1.807) is 18.6 Å². The van der Waals surface area contributed by atoms with Gasteiger partial charge in [0.2, 0.25) is 10.0 Å². The molecule has 0 saturated heterocycles. The lowest BCUT2D eigenvalue weighted by molar-refractivity contribution is -0.0908. The van der Waals surface area contributed by atoms with Crippen molar-refractivity contribution in [3.05, 3.63) is 16.3 Å². The second kappa shape index (κ2) is 5.14. The molecule has 0 radical (unpaired) electrons. The van der Waals surface area contributed by atoms with E-state index in [-0.39, 0.29) is 17.6 Å². The number of sulfonamides is 1. The average molecular weight is 304 g/mol. The fourth-order valence-corrected chi connectivity index (χ4v) is 4.91. The zero-order valence-corrected chi connectivity index (χ0v) is 13.0. The molecule has 1 aliphatic rings. The van der Waals surface area contributed by atoms with Crippen molar-refractivity contribution in [1.82, 2.24) is 4.72 Å². The Morgan fingerprint density at radius 2 is 2.26 bits per heavy atom. The summed E-state index contributed by atoms with van der Waals surface area (Å²) in [6.07, 6.45) is 0.804. The van der Waals surface area contributed by atoms with Crippen LogP contribution in [0.5, 0.6) is 0 Å². The molecule has 0 amide bonds. The number of thiophene rings is 1. The van der Waals surface area contributed by atoms with Crippen molar-refractivity contribution in [2.75, 3.05) is 7.11 Å². The third-order valence-corrected chi connectivity index (χ3v) is 6.46. The van der Waals surface area contributed by atoms with Gasteiger partial charge in [-0.25, -0.2) is 13.1 Å². The van der Waals surface area contributed by atoms with Gasteiger partial charge in [-0.15, -0.1) is 11.3 Å². The molecule has 0 spiro atoms. The minimum Gasteiger partial charge on any atom is -0.381 e. The van der Waals surface area contributed by atoms with E-state index in [0.29, 0.717) is 17.9 Å². The maximum Gasteiger partial charge on any atom is 0.241 e. The predicted molar refractivity (Wildman–Crippen MR) is 75.5 cm³/mol. The van der Waals surface area contributed by atoms with E-state index in [4.69, 9.17) is 10.5 Å². The molecule has 19 heavy (non-hydrogen) atoms. The molecule has 0 aromatic carbocycles. The number of methoxy groups -OCH3 is 1. The SMILES string of the molecule is COC1CC(NS(=O)(=O)c2csc(CN)c2)C1(C)C. The molecule has 2 rings (SSSR count). The smallest absolute Gasteiger partial charge is 0.241 e. The monoisotopic (exact) mass is 304 g/mol. The summed E-state index contributed by atoms with van der Waals surface area (Å²) in [7, 11) is -1.81. The molecule has 1 saturated carbocycles. The van der Waals surface area contributed by atoms with Crippen LogP contribution in [0.25, 0.3) is 0 Å². The zero-order chi connectivity index (χ0) is 14.3. The van der Waals surface area contributed by atoms with Crippen molar-refractivity contribution in [2.24, 2.45) is 11.1 Å². The summed E-state index contributed by atoms with van der Waals surface area (Å²) in [6.45, 7) is 4.38. The van der Waals surface area contributed by atoms with E-state index in [1.807, 2.05) is 13.8 Å². The van der Waals surface area contributed by atoms with Gasteiger partial charge in [-0.1, -0.05) is 13.8 Å². The molecule has 5 nitrogen and oxygen atoms in total. The Morgan fingerprint density at radius 3 is 2.74 bits per heavy atom. The Hall–Kier alpha value is -0.470. The molecular weight excluding hydrogens is 284 g/mol. The Balaban J connectivity index is 2.11. The lowest BCUT2D eigenvalue weighted by Gasteiger charge is -2.50. The normalized spacial score (nSPS) is 26.1. The molecule has 0 bridgehead atoms. The van der Waals surface area contributed by atoms with Gasteiger partial charge in [0, 0.05) is 35.4 Å². The molecule has 1 aliphatic carbocycles. The first-order valence-corrected chi connectivity index (χ1v) is 8.50. The van der Waals surface area contributed by atoms with Crippen LogP contribution in [-0.4, -0.2) is 27.7 Å². The van der Waals surface area contributed by atoms with Gasteiger partial charge in [0.1, 0.15) is 0 Å². The van der Waals surface area contributed by atoms with Gasteiger partial charge in [0.05, 0.1) is 11.0 Å². The van der Waals surface area contributed by atoms with Gasteiger partial charge >= 0.3 is 0 Å². The number of rotatable bonds is 5. The van der Waals surface area contributed by atoms with Crippen LogP contribution in [-0.2, 0) is 21.3 Å². The van der Waals surface area contributed by atoms with Crippen LogP contribution in [0.1, 0.15) is 25.1 Å². The van der Waals surface area contributed by atoms with Crippen LogP contribution < -0.4 is 10.5 Å². The highest BCUT2D eigenvalue weighted by Crippen LogP contribution is 2.43. The highest BCUT2D eigenvalue weighted by molar-refractivity contribution is 7.89. The molecule has 2 unspecified atom stereocenters. The minimum absolute atomic E-state index is 0.0938. The molecule has 3 N–H and O–H groups in total. The first kappa shape index (κ1) is 14.9. The Morgan fingerprint density at radius 1 is 1.58 bits per heavy atom. The first-order valence-electron chi connectivity index (χ1n) is 6.14. The fraction of sp³-hybridized carbons (Fsp3) is 0.667. The number of nitrogens with two attached hydrogens (primary N) is 1. The van der Waals surface area contributed by atoms with E-state index in [2.05, 4.69) is 4.72 Å².